The number of pyridine rings is 1. The van der Waals surface area contributed by atoms with Crippen LogP contribution in [0.15, 0.2) is 35.4 Å². The van der Waals surface area contributed by atoms with E-state index >= 15 is 0 Å². The molecule has 0 atom stereocenters. The zero-order valence-corrected chi connectivity index (χ0v) is 11.9. The number of rotatable bonds is 3. The molecular weight excluding hydrogens is 333 g/mol. The van der Waals surface area contributed by atoms with Gasteiger partial charge in [-0.2, -0.15) is 0 Å². The molecular formula is C11H6Cl2F2N2O2S. The van der Waals surface area contributed by atoms with Gasteiger partial charge < -0.3 is 0 Å². The summed E-state index contributed by atoms with van der Waals surface area (Å²) in [5.41, 5.74) is -0.130. The standard InChI is InChI=1S/C11H6Cl2F2N2O2S/c12-8-4-7(5-16-11(8)13)20(18,19)17-6-1-2-9(14)10(15)3-6/h1-5,17H. The molecule has 1 heterocycles. The number of aromatic nitrogens is 1. The van der Waals surface area contributed by atoms with Crippen molar-refractivity contribution in [2.45, 2.75) is 4.90 Å². The van der Waals surface area contributed by atoms with Gasteiger partial charge in [-0.15, -0.1) is 0 Å². The molecule has 1 N–H and O–H groups in total. The van der Waals surface area contributed by atoms with E-state index in [-0.39, 0.29) is 20.8 Å². The lowest BCUT2D eigenvalue weighted by atomic mass is 10.3. The molecule has 0 saturated heterocycles. The third-order valence-corrected chi connectivity index (χ3v) is 4.29. The first kappa shape index (κ1) is 15.0. The zero-order valence-electron chi connectivity index (χ0n) is 9.57. The average molecular weight is 339 g/mol. The normalized spacial score (nSPS) is 11.4. The van der Waals surface area contributed by atoms with Gasteiger partial charge >= 0.3 is 0 Å². The molecule has 9 heteroatoms. The minimum absolute atomic E-state index is 0.0418. The highest BCUT2D eigenvalue weighted by Crippen LogP contribution is 2.24. The molecule has 0 aliphatic rings. The number of halogens is 4. The van der Waals surface area contributed by atoms with Gasteiger partial charge in [-0.25, -0.2) is 22.2 Å². The molecule has 1 aromatic carbocycles. The minimum atomic E-state index is -4.03. The summed E-state index contributed by atoms with van der Waals surface area (Å²) in [6.45, 7) is 0. The summed E-state index contributed by atoms with van der Waals surface area (Å²) < 4.78 is 51.8. The van der Waals surface area contributed by atoms with Gasteiger partial charge in [-0.3, -0.25) is 4.72 Å². The first-order valence-electron chi connectivity index (χ1n) is 5.08. The third-order valence-electron chi connectivity index (χ3n) is 2.25. The summed E-state index contributed by atoms with van der Waals surface area (Å²) in [4.78, 5) is 3.35. The Bertz CT molecular complexity index is 769. The van der Waals surface area contributed by atoms with Gasteiger partial charge in [-0.05, 0) is 18.2 Å². The fourth-order valence-corrected chi connectivity index (χ4v) is 2.68. The van der Waals surface area contributed by atoms with E-state index in [0.29, 0.717) is 0 Å². The Balaban J connectivity index is 2.35. The van der Waals surface area contributed by atoms with Crippen LogP contribution in [-0.4, -0.2) is 13.4 Å². The van der Waals surface area contributed by atoms with Crippen LogP contribution >= 0.6 is 23.2 Å². The number of hydrogen-bond acceptors (Lipinski definition) is 3. The highest BCUT2D eigenvalue weighted by molar-refractivity contribution is 7.92. The maximum atomic E-state index is 13.0. The van der Waals surface area contributed by atoms with Crippen molar-refractivity contribution in [3.8, 4) is 0 Å². The molecule has 0 saturated carbocycles. The van der Waals surface area contributed by atoms with E-state index in [4.69, 9.17) is 23.2 Å². The number of nitrogens with one attached hydrogen (secondary N) is 1. The second kappa shape index (κ2) is 5.51. The van der Waals surface area contributed by atoms with Gasteiger partial charge in [0.15, 0.2) is 11.6 Å². The molecule has 4 nitrogen and oxygen atoms in total. The zero-order chi connectivity index (χ0) is 14.9. The van der Waals surface area contributed by atoms with E-state index in [9.17, 15) is 17.2 Å². The summed E-state index contributed by atoms with van der Waals surface area (Å²) in [6, 6.07) is 3.71. The molecule has 0 radical (unpaired) electrons. The lowest BCUT2D eigenvalue weighted by molar-refractivity contribution is 0.509. The molecule has 0 bridgehead atoms. The molecule has 2 rings (SSSR count). The Morgan fingerprint density at radius 2 is 1.80 bits per heavy atom. The summed E-state index contributed by atoms with van der Waals surface area (Å²) in [6.07, 6.45) is 0.996. The number of nitrogens with zero attached hydrogens (tertiary/aromatic N) is 1. The van der Waals surface area contributed by atoms with E-state index in [1.165, 1.54) is 0 Å². The lowest BCUT2D eigenvalue weighted by Crippen LogP contribution is -2.13. The summed E-state index contributed by atoms with van der Waals surface area (Å²) in [7, 11) is -4.03. The lowest BCUT2D eigenvalue weighted by Gasteiger charge is -2.08. The fourth-order valence-electron chi connectivity index (χ4n) is 1.32. The first-order valence-corrected chi connectivity index (χ1v) is 7.32. The van der Waals surface area contributed by atoms with Crippen LogP contribution in [0.2, 0.25) is 10.2 Å². The largest absolute Gasteiger partial charge is 0.279 e. The third kappa shape index (κ3) is 3.17. The molecule has 0 spiro atoms. The molecule has 20 heavy (non-hydrogen) atoms. The van der Waals surface area contributed by atoms with Crippen LogP contribution in [0, 0.1) is 11.6 Å². The van der Waals surface area contributed by atoms with E-state index in [1.54, 1.807) is 0 Å². The van der Waals surface area contributed by atoms with E-state index in [2.05, 4.69) is 9.71 Å². The number of benzene rings is 1. The summed E-state index contributed by atoms with van der Waals surface area (Å²) >= 11 is 11.3. The van der Waals surface area contributed by atoms with E-state index < -0.39 is 21.7 Å². The molecule has 106 valence electrons. The predicted molar refractivity (Wildman–Crippen MR) is 71.4 cm³/mol. The predicted octanol–water partition coefficient (Wildman–Crippen LogP) is 3.47. The number of hydrogen-bond donors (Lipinski definition) is 1. The van der Waals surface area contributed by atoms with Crippen molar-refractivity contribution in [2.24, 2.45) is 0 Å². The SMILES string of the molecule is O=S(=O)(Nc1ccc(F)c(F)c1)c1cnc(Cl)c(Cl)c1. The topological polar surface area (TPSA) is 59.1 Å². The van der Waals surface area contributed by atoms with Crippen molar-refractivity contribution in [1.29, 1.82) is 0 Å². The second-order valence-electron chi connectivity index (χ2n) is 3.68. The quantitative estimate of drug-likeness (QED) is 0.871. The van der Waals surface area contributed by atoms with Crippen molar-refractivity contribution in [3.63, 3.8) is 0 Å². The number of anilines is 1. The van der Waals surface area contributed by atoms with Crippen molar-refractivity contribution < 1.29 is 17.2 Å². The Labute approximate surface area is 123 Å². The monoisotopic (exact) mass is 338 g/mol. The van der Waals surface area contributed by atoms with Crippen LogP contribution in [0.5, 0.6) is 0 Å². The first-order chi connectivity index (χ1) is 9.29. The van der Waals surface area contributed by atoms with E-state index in [1.807, 2.05) is 0 Å². The molecule has 1 aromatic heterocycles. The highest BCUT2D eigenvalue weighted by atomic mass is 35.5. The molecule has 2 aromatic rings. The molecule has 0 aliphatic carbocycles. The Morgan fingerprint density at radius 3 is 2.40 bits per heavy atom. The van der Waals surface area contributed by atoms with Crippen molar-refractivity contribution in [3.05, 3.63) is 52.3 Å². The van der Waals surface area contributed by atoms with Gasteiger partial charge in [0, 0.05) is 12.3 Å². The Morgan fingerprint density at radius 1 is 1.10 bits per heavy atom. The van der Waals surface area contributed by atoms with E-state index in [0.717, 1.165) is 30.5 Å². The minimum Gasteiger partial charge on any atom is -0.279 e. The maximum absolute atomic E-state index is 13.0. The van der Waals surface area contributed by atoms with Crippen LogP contribution in [0.1, 0.15) is 0 Å². The Hall–Kier alpha value is -1.44. The van der Waals surface area contributed by atoms with Gasteiger partial charge in [-0.1, -0.05) is 23.2 Å². The second-order valence-corrected chi connectivity index (χ2v) is 6.13. The van der Waals surface area contributed by atoms with Gasteiger partial charge in [0.25, 0.3) is 10.0 Å². The summed E-state index contributed by atoms with van der Waals surface area (Å²) in [5.74, 6) is -2.25. The van der Waals surface area contributed by atoms with Gasteiger partial charge in [0.1, 0.15) is 10.0 Å². The fraction of sp³-hybridized carbons (Fsp3) is 0. The van der Waals surface area contributed by atoms with Crippen molar-refractivity contribution in [2.75, 3.05) is 4.72 Å². The average Bonchev–Trinajstić information content (AvgIpc) is 2.37. The Kier molecular flexibility index (Phi) is 4.12. The smallest absolute Gasteiger partial charge is 0.263 e. The molecule has 0 fully saturated rings. The molecule has 0 amide bonds. The van der Waals surface area contributed by atoms with Crippen LogP contribution in [-0.2, 0) is 10.0 Å². The van der Waals surface area contributed by atoms with Gasteiger partial charge in [0.2, 0.25) is 0 Å². The van der Waals surface area contributed by atoms with Gasteiger partial charge in [0.05, 0.1) is 10.7 Å². The van der Waals surface area contributed by atoms with Crippen LogP contribution in [0.4, 0.5) is 14.5 Å². The number of sulfonamides is 1. The van der Waals surface area contributed by atoms with Crippen molar-refractivity contribution in [1.82, 2.24) is 4.98 Å². The summed E-state index contributed by atoms with van der Waals surface area (Å²) in [5, 5.41) is -0.0849. The maximum Gasteiger partial charge on any atom is 0.263 e. The highest BCUT2D eigenvalue weighted by Gasteiger charge is 2.17. The van der Waals surface area contributed by atoms with Crippen molar-refractivity contribution >= 4 is 38.9 Å². The molecule has 0 aliphatic heterocycles. The van der Waals surface area contributed by atoms with Crippen LogP contribution in [0.3, 0.4) is 0 Å². The van der Waals surface area contributed by atoms with Crippen LogP contribution in [0.25, 0.3) is 0 Å². The van der Waals surface area contributed by atoms with Crippen LogP contribution < -0.4 is 4.72 Å². The molecule has 0 unspecified atom stereocenters.